The average Bonchev–Trinajstić information content (AvgIpc) is 2.68. The van der Waals surface area contributed by atoms with Crippen LogP contribution in [0.1, 0.15) is 15.9 Å². The number of carboxylic acid groups (broad SMARTS) is 1. The minimum atomic E-state index is -1.52. The Morgan fingerprint density at radius 3 is 2.48 bits per heavy atom. The lowest BCUT2D eigenvalue weighted by Gasteiger charge is -2.39. The Morgan fingerprint density at radius 2 is 1.90 bits per heavy atom. The zero-order valence-electron chi connectivity index (χ0n) is 16.4. The van der Waals surface area contributed by atoms with Crippen LogP contribution in [0.5, 0.6) is 0 Å². The van der Waals surface area contributed by atoms with E-state index in [1.54, 1.807) is 12.7 Å². The SMILES string of the molecule is Bc1c(N2CC(O)C2)c(F)cc2c(=O)c(C(=O)O)cn(-c3cc(N)c(F)cc3CO)c12. The van der Waals surface area contributed by atoms with Gasteiger partial charge in [0.25, 0.3) is 0 Å². The highest BCUT2D eigenvalue weighted by Gasteiger charge is 2.30. The normalized spacial score (nSPS) is 14.1. The molecule has 0 amide bonds. The number of aromatic nitrogens is 1. The predicted octanol–water partition coefficient (Wildman–Crippen LogP) is -0.519. The zero-order valence-corrected chi connectivity index (χ0v) is 16.4. The van der Waals surface area contributed by atoms with Crippen LogP contribution in [0.15, 0.2) is 29.2 Å². The fraction of sp³-hybridized carbons (Fsp3) is 0.200. The molecule has 4 rings (SSSR count). The molecule has 1 aliphatic heterocycles. The summed E-state index contributed by atoms with van der Waals surface area (Å²) < 4.78 is 30.2. The maximum Gasteiger partial charge on any atom is 0.341 e. The number of rotatable bonds is 4. The lowest BCUT2D eigenvalue weighted by atomic mass is 9.87. The smallest absolute Gasteiger partial charge is 0.341 e. The van der Waals surface area contributed by atoms with Crippen molar-refractivity contribution in [2.75, 3.05) is 23.7 Å². The molecule has 1 saturated heterocycles. The second-order valence-electron chi connectivity index (χ2n) is 7.49. The number of carbonyl (C=O) groups is 1. The summed E-state index contributed by atoms with van der Waals surface area (Å²) in [5.74, 6) is -3.02. The van der Waals surface area contributed by atoms with Gasteiger partial charge in [-0.25, -0.2) is 13.6 Å². The Labute approximate surface area is 175 Å². The van der Waals surface area contributed by atoms with Gasteiger partial charge in [0.1, 0.15) is 25.0 Å². The Morgan fingerprint density at radius 1 is 1.23 bits per heavy atom. The summed E-state index contributed by atoms with van der Waals surface area (Å²) in [6.07, 6.45) is 0.447. The van der Waals surface area contributed by atoms with Crippen LogP contribution in [0.25, 0.3) is 16.6 Å². The summed E-state index contributed by atoms with van der Waals surface area (Å²) in [6, 6.07) is 3.19. The molecule has 1 fully saturated rings. The molecular formula is C20H18BF2N3O5. The van der Waals surface area contributed by atoms with Crippen molar-refractivity contribution in [1.82, 2.24) is 4.57 Å². The van der Waals surface area contributed by atoms with Crippen LogP contribution in [0.2, 0.25) is 0 Å². The first kappa shape index (κ1) is 20.8. The molecule has 1 aromatic heterocycles. The Balaban J connectivity index is 2.15. The molecule has 0 radical (unpaired) electrons. The Hall–Kier alpha value is -3.44. The Kier molecular flexibility index (Phi) is 4.94. The van der Waals surface area contributed by atoms with Gasteiger partial charge >= 0.3 is 5.97 Å². The number of aromatic carboxylic acids is 1. The number of nitrogens with two attached hydrogens (primary N) is 1. The second kappa shape index (κ2) is 7.36. The highest BCUT2D eigenvalue weighted by molar-refractivity contribution is 6.42. The lowest BCUT2D eigenvalue weighted by Crippen LogP contribution is -2.53. The van der Waals surface area contributed by atoms with Gasteiger partial charge in [-0.15, -0.1) is 0 Å². The number of aliphatic hydroxyl groups excluding tert-OH is 2. The number of halogens is 2. The Bertz CT molecular complexity index is 1300. The van der Waals surface area contributed by atoms with E-state index in [0.29, 0.717) is 5.46 Å². The first-order valence-corrected chi connectivity index (χ1v) is 9.38. The third-order valence-corrected chi connectivity index (χ3v) is 5.49. The van der Waals surface area contributed by atoms with Gasteiger partial charge in [0, 0.05) is 30.2 Å². The second-order valence-corrected chi connectivity index (χ2v) is 7.49. The van der Waals surface area contributed by atoms with E-state index in [9.17, 15) is 33.7 Å². The number of pyridine rings is 1. The van der Waals surface area contributed by atoms with Crippen molar-refractivity contribution >= 4 is 41.6 Å². The van der Waals surface area contributed by atoms with Crippen molar-refractivity contribution in [3.8, 4) is 5.69 Å². The minimum absolute atomic E-state index is 0.0950. The molecule has 0 bridgehead atoms. The van der Waals surface area contributed by atoms with Crippen LogP contribution >= 0.6 is 0 Å². The summed E-state index contributed by atoms with van der Waals surface area (Å²) in [7, 11) is 1.56. The van der Waals surface area contributed by atoms with E-state index < -0.39 is 41.3 Å². The highest BCUT2D eigenvalue weighted by atomic mass is 19.1. The van der Waals surface area contributed by atoms with Crippen LogP contribution in [0.4, 0.5) is 20.2 Å². The molecular weight excluding hydrogens is 411 g/mol. The number of hydrogen-bond acceptors (Lipinski definition) is 6. The van der Waals surface area contributed by atoms with Crippen LogP contribution in [0.3, 0.4) is 0 Å². The van der Waals surface area contributed by atoms with Gasteiger partial charge in [-0.05, 0) is 23.7 Å². The lowest BCUT2D eigenvalue weighted by molar-refractivity contribution is 0.0695. The van der Waals surface area contributed by atoms with Crippen molar-refractivity contribution in [1.29, 1.82) is 0 Å². The van der Waals surface area contributed by atoms with Gasteiger partial charge in [-0.2, -0.15) is 0 Å². The molecule has 11 heteroatoms. The first-order chi connectivity index (χ1) is 14.6. The zero-order chi connectivity index (χ0) is 22.6. The molecule has 8 nitrogen and oxygen atoms in total. The molecule has 0 spiro atoms. The van der Waals surface area contributed by atoms with E-state index in [0.717, 1.165) is 18.3 Å². The van der Waals surface area contributed by atoms with Crippen LogP contribution in [-0.2, 0) is 6.61 Å². The fourth-order valence-corrected chi connectivity index (χ4v) is 3.98. The molecule has 0 unspecified atom stereocenters. The van der Waals surface area contributed by atoms with Gasteiger partial charge in [0.05, 0.1) is 35.3 Å². The molecule has 5 N–H and O–H groups in total. The number of hydrogen-bond donors (Lipinski definition) is 4. The standard InChI is InChI=1S/C20H18BF2N3O5/c21-16-17-10(2-13(23)18(16)25-4-9(28)5-25)19(29)11(20(30)31)6-26(17)15-3-14(24)12(22)1-8(15)7-27/h1-3,6,9,27-28H,4-5,7,21,24H2,(H,30,31). The van der Waals surface area contributed by atoms with Gasteiger partial charge in [0.15, 0.2) is 0 Å². The van der Waals surface area contributed by atoms with Crippen LogP contribution in [-0.4, -0.2) is 52.9 Å². The number of benzene rings is 2. The van der Waals surface area contributed by atoms with E-state index in [2.05, 4.69) is 0 Å². The first-order valence-electron chi connectivity index (χ1n) is 9.38. The van der Waals surface area contributed by atoms with Gasteiger partial charge in [-0.3, -0.25) is 4.79 Å². The molecule has 0 saturated carbocycles. The van der Waals surface area contributed by atoms with E-state index in [1.807, 2.05) is 0 Å². The van der Waals surface area contributed by atoms with Gasteiger partial charge in [0.2, 0.25) is 5.43 Å². The summed E-state index contributed by atoms with van der Waals surface area (Å²) in [5, 5.41) is 28.7. The third-order valence-electron chi connectivity index (χ3n) is 5.49. The molecule has 1 aliphatic rings. The quantitative estimate of drug-likeness (QED) is 0.325. The number of aliphatic hydroxyl groups is 2. The topological polar surface area (TPSA) is 129 Å². The van der Waals surface area contributed by atoms with E-state index in [4.69, 9.17) is 5.73 Å². The van der Waals surface area contributed by atoms with E-state index >= 15 is 0 Å². The third kappa shape index (κ3) is 3.22. The number of fused-ring (bicyclic) bond motifs is 1. The molecule has 2 heterocycles. The largest absolute Gasteiger partial charge is 0.477 e. The number of nitrogens with zero attached hydrogens (tertiary/aromatic N) is 2. The monoisotopic (exact) mass is 429 g/mol. The fourth-order valence-electron chi connectivity index (χ4n) is 3.98. The van der Waals surface area contributed by atoms with Gasteiger partial charge < -0.3 is 30.5 Å². The maximum atomic E-state index is 15.0. The summed E-state index contributed by atoms with van der Waals surface area (Å²) in [6.45, 7) is -0.188. The maximum absolute atomic E-state index is 15.0. The molecule has 31 heavy (non-hydrogen) atoms. The molecule has 0 aliphatic carbocycles. The van der Waals surface area contributed by atoms with Gasteiger partial charge in [-0.1, -0.05) is 0 Å². The summed E-state index contributed by atoms with van der Waals surface area (Å²) >= 11 is 0. The van der Waals surface area contributed by atoms with E-state index in [1.165, 1.54) is 10.6 Å². The average molecular weight is 429 g/mol. The van der Waals surface area contributed by atoms with Crippen LogP contribution < -0.4 is 21.5 Å². The molecule has 3 aromatic rings. The molecule has 2 aromatic carbocycles. The molecule has 0 atom stereocenters. The number of β-amino-alcohol motifs (C(OH)–C–C–N with tert-alkyl or cyclic N) is 1. The number of nitrogen functional groups attached to an aromatic ring is 1. The van der Waals surface area contributed by atoms with E-state index in [-0.39, 0.29) is 46.6 Å². The van der Waals surface area contributed by atoms with Crippen molar-refractivity contribution in [3.63, 3.8) is 0 Å². The summed E-state index contributed by atoms with van der Waals surface area (Å²) in [5.41, 5.74) is 4.87. The number of carboxylic acids is 1. The summed E-state index contributed by atoms with van der Waals surface area (Å²) in [4.78, 5) is 26.1. The number of anilines is 2. The van der Waals surface area contributed by atoms with Crippen molar-refractivity contribution in [2.45, 2.75) is 12.7 Å². The highest BCUT2D eigenvalue weighted by Crippen LogP contribution is 2.29. The predicted molar refractivity (Wildman–Crippen MR) is 113 cm³/mol. The van der Waals surface area contributed by atoms with Crippen molar-refractivity contribution in [3.05, 3.63) is 57.4 Å². The van der Waals surface area contributed by atoms with Crippen molar-refractivity contribution in [2.24, 2.45) is 0 Å². The van der Waals surface area contributed by atoms with Crippen LogP contribution in [0, 0.1) is 11.6 Å². The van der Waals surface area contributed by atoms with Crippen molar-refractivity contribution < 1.29 is 28.9 Å². The minimum Gasteiger partial charge on any atom is -0.477 e. The molecule has 160 valence electrons.